The third kappa shape index (κ3) is 3.49. The predicted molar refractivity (Wildman–Crippen MR) is 91.7 cm³/mol. The summed E-state index contributed by atoms with van der Waals surface area (Å²) in [5.74, 6) is -5.14. The summed E-state index contributed by atoms with van der Waals surface area (Å²) in [6.07, 6.45) is -1.52. The number of halogens is 4. The average Bonchev–Trinajstić information content (AvgIpc) is 2.90. The van der Waals surface area contributed by atoms with E-state index in [1.165, 1.54) is 12.1 Å². The lowest BCUT2D eigenvalue weighted by Gasteiger charge is -2.30. The van der Waals surface area contributed by atoms with Gasteiger partial charge in [-0.25, -0.2) is 22.4 Å². The molecule has 4 rings (SSSR count). The molecule has 10 heteroatoms. The van der Waals surface area contributed by atoms with Crippen LogP contribution in [0.25, 0.3) is 0 Å². The van der Waals surface area contributed by atoms with E-state index in [1.54, 1.807) is 0 Å². The van der Waals surface area contributed by atoms with E-state index in [9.17, 15) is 22.4 Å². The van der Waals surface area contributed by atoms with Gasteiger partial charge in [-0.1, -0.05) is 0 Å². The number of ether oxygens (including phenoxy) is 1. The first-order valence-corrected chi connectivity index (χ1v) is 8.80. The normalized spacial score (nSPS) is 24.3. The zero-order valence-corrected chi connectivity index (χ0v) is 14.7. The summed E-state index contributed by atoms with van der Waals surface area (Å²) in [5, 5.41) is 0. The van der Waals surface area contributed by atoms with E-state index in [0.29, 0.717) is 30.6 Å². The Bertz CT molecular complexity index is 965. The maximum absolute atomic E-state index is 14.5. The molecule has 1 fully saturated rings. The summed E-state index contributed by atoms with van der Waals surface area (Å²) < 4.78 is 62.0. The molecular weight excluding hydrogens is 380 g/mol. The molecule has 0 saturated carbocycles. The molecule has 0 radical (unpaired) electrons. The van der Waals surface area contributed by atoms with Crippen molar-refractivity contribution >= 4 is 5.82 Å². The zero-order valence-electron chi connectivity index (χ0n) is 14.7. The summed E-state index contributed by atoms with van der Waals surface area (Å²) in [6, 6.07) is 3.57. The van der Waals surface area contributed by atoms with Crippen molar-refractivity contribution in [2.75, 3.05) is 18.8 Å². The molecule has 2 aromatic rings. The zero-order chi connectivity index (χ0) is 20.1. The van der Waals surface area contributed by atoms with Crippen molar-refractivity contribution in [3.8, 4) is 0 Å². The first-order valence-electron chi connectivity index (χ1n) is 8.80. The molecule has 1 aromatic carbocycles. The number of fused-ring (bicyclic) bond motifs is 1. The number of aromatic nitrogens is 2. The Morgan fingerprint density at radius 3 is 2.68 bits per heavy atom. The molecule has 3 heterocycles. The largest absolute Gasteiger partial charge is 0.383 e. The van der Waals surface area contributed by atoms with Gasteiger partial charge >= 0.3 is 5.69 Å². The summed E-state index contributed by atoms with van der Waals surface area (Å²) in [7, 11) is 0. The highest BCUT2D eigenvalue weighted by molar-refractivity contribution is 5.31. The van der Waals surface area contributed by atoms with Crippen LogP contribution in [0.1, 0.15) is 23.8 Å². The topological polar surface area (TPSA) is 73.4 Å². The van der Waals surface area contributed by atoms with Crippen LogP contribution in [-0.2, 0) is 17.7 Å². The molecule has 0 aliphatic carbocycles. The molecule has 2 atom stereocenters. The van der Waals surface area contributed by atoms with Crippen LogP contribution in [-0.4, -0.2) is 39.6 Å². The molecule has 0 spiro atoms. The minimum absolute atomic E-state index is 0.0604. The fourth-order valence-corrected chi connectivity index (χ4v) is 3.77. The third-order valence-corrected chi connectivity index (χ3v) is 5.08. The monoisotopic (exact) mass is 398 g/mol. The van der Waals surface area contributed by atoms with Crippen LogP contribution in [0, 0.1) is 11.6 Å². The standard InChI is InChI=1S/C18H18F4N4O2/c19-13-5-10-1-3-25(8-11(10)6-14(13)20)9-12-7-18(21,22)16(28-12)26-4-2-15(23)24-17(26)27/h2,4-6,12,16H,1,3,7-9H2,(H2,23,24,27)/t12-,16+/m0/s1. The molecule has 1 saturated heterocycles. The van der Waals surface area contributed by atoms with Gasteiger partial charge in [-0.15, -0.1) is 0 Å². The molecule has 150 valence electrons. The van der Waals surface area contributed by atoms with Crippen LogP contribution in [0.2, 0.25) is 0 Å². The number of anilines is 1. The number of rotatable bonds is 3. The Kier molecular flexibility index (Phi) is 4.62. The number of nitrogen functional groups attached to an aromatic ring is 1. The molecular formula is C18H18F4N4O2. The lowest BCUT2D eigenvalue weighted by atomic mass is 9.99. The van der Waals surface area contributed by atoms with Crippen molar-refractivity contribution in [1.82, 2.24) is 14.5 Å². The Morgan fingerprint density at radius 1 is 1.25 bits per heavy atom. The Labute approximate surface area is 157 Å². The number of nitrogens with two attached hydrogens (primary N) is 1. The SMILES string of the molecule is Nc1ccn([C@@H]2O[C@H](CN3CCc4cc(F)c(F)cc4C3)CC2(F)F)c(=O)n1. The fraction of sp³-hybridized carbons (Fsp3) is 0.444. The summed E-state index contributed by atoms with van der Waals surface area (Å²) in [5.41, 5.74) is 5.83. The highest BCUT2D eigenvalue weighted by Gasteiger charge is 2.52. The minimum atomic E-state index is -3.25. The first-order chi connectivity index (χ1) is 13.2. The van der Waals surface area contributed by atoms with Crippen molar-refractivity contribution in [3.63, 3.8) is 0 Å². The molecule has 2 aliphatic rings. The van der Waals surface area contributed by atoms with Crippen LogP contribution in [0.15, 0.2) is 29.2 Å². The van der Waals surface area contributed by atoms with E-state index < -0.39 is 42.0 Å². The van der Waals surface area contributed by atoms with E-state index in [4.69, 9.17) is 10.5 Å². The van der Waals surface area contributed by atoms with Crippen LogP contribution in [0.3, 0.4) is 0 Å². The maximum atomic E-state index is 14.5. The van der Waals surface area contributed by atoms with E-state index in [2.05, 4.69) is 4.98 Å². The van der Waals surface area contributed by atoms with Gasteiger partial charge in [-0.3, -0.25) is 9.47 Å². The lowest BCUT2D eigenvalue weighted by Crippen LogP contribution is -2.37. The number of alkyl halides is 2. The number of nitrogens with zero attached hydrogens (tertiary/aromatic N) is 3. The Hall–Kier alpha value is -2.46. The van der Waals surface area contributed by atoms with Crippen LogP contribution >= 0.6 is 0 Å². The highest BCUT2D eigenvalue weighted by Crippen LogP contribution is 2.42. The van der Waals surface area contributed by atoms with Gasteiger partial charge in [0.25, 0.3) is 5.92 Å². The van der Waals surface area contributed by atoms with Gasteiger partial charge in [-0.2, -0.15) is 4.98 Å². The Morgan fingerprint density at radius 2 is 1.96 bits per heavy atom. The summed E-state index contributed by atoms with van der Waals surface area (Å²) in [4.78, 5) is 17.2. The van der Waals surface area contributed by atoms with Crippen molar-refractivity contribution in [3.05, 3.63) is 57.6 Å². The molecule has 0 amide bonds. The second kappa shape index (κ2) is 6.85. The molecule has 2 aliphatic heterocycles. The molecule has 0 bridgehead atoms. The van der Waals surface area contributed by atoms with E-state index in [0.717, 1.165) is 16.8 Å². The number of hydrogen-bond acceptors (Lipinski definition) is 5. The molecule has 2 N–H and O–H groups in total. The van der Waals surface area contributed by atoms with Gasteiger partial charge in [0, 0.05) is 32.3 Å². The smallest absolute Gasteiger partial charge is 0.351 e. The van der Waals surface area contributed by atoms with E-state index in [1.807, 2.05) is 4.90 Å². The Balaban J connectivity index is 1.48. The van der Waals surface area contributed by atoms with Crippen LogP contribution < -0.4 is 11.4 Å². The second-order valence-corrected chi connectivity index (χ2v) is 7.14. The molecule has 28 heavy (non-hydrogen) atoms. The third-order valence-electron chi connectivity index (χ3n) is 5.08. The molecule has 0 unspecified atom stereocenters. The van der Waals surface area contributed by atoms with Gasteiger partial charge in [0.2, 0.25) is 6.23 Å². The number of hydrogen-bond donors (Lipinski definition) is 1. The van der Waals surface area contributed by atoms with Gasteiger partial charge in [-0.05, 0) is 35.7 Å². The quantitative estimate of drug-likeness (QED) is 0.802. The first kappa shape index (κ1) is 18.9. The van der Waals surface area contributed by atoms with Crippen molar-refractivity contribution in [2.24, 2.45) is 0 Å². The van der Waals surface area contributed by atoms with Gasteiger partial charge in [0.05, 0.1) is 6.10 Å². The average molecular weight is 398 g/mol. The number of benzene rings is 1. The van der Waals surface area contributed by atoms with Crippen molar-refractivity contribution in [1.29, 1.82) is 0 Å². The molecule has 1 aromatic heterocycles. The van der Waals surface area contributed by atoms with E-state index >= 15 is 0 Å². The van der Waals surface area contributed by atoms with Crippen LogP contribution in [0.5, 0.6) is 0 Å². The molecule has 6 nitrogen and oxygen atoms in total. The van der Waals surface area contributed by atoms with Crippen molar-refractivity contribution < 1.29 is 22.3 Å². The van der Waals surface area contributed by atoms with E-state index in [-0.39, 0.29) is 12.4 Å². The summed E-state index contributed by atoms with van der Waals surface area (Å²) in [6.45, 7) is 1.01. The van der Waals surface area contributed by atoms with Gasteiger partial charge < -0.3 is 10.5 Å². The van der Waals surface area contributed by atoms with Crippen molar-refractivity contribution in [2.45, 2.75) is 37.6 Å². The summed E-state index contributed by atoms with van der Waals surface area (Å²) >= 11 is 0. The van der Waals surface area contributed by atoms with Gasteiger partial charge in [0.15, 0.2) is 11.6 Å². The van der Waals surface area contributed by atoms with Crippen LogP contribution in [0.4, 0.5) is 23.4 Å². The second-order valence-electron chi connectivity index (χ2n) is 7.14. The fourth-order valence-electron chi connectivity index (χ4n) is 3.77. The lowest BCUT2D eigenvalue weighted by molar-refractivity contribution is -0.119. The highest BCUT2D eigenvalue weighted by atomic mass is 19.3. The minimum Gasteiger partial charge on any atom is -0.383 e. The van der Waals surface area contributed by atoms with Gasteiger partial charge in [0.1, 0.15) is 5.82 Å². The maximum Gasteiger partial charge on any atom is 0.351 e. The predicted octanol–water partition coefficient (Wildman–Crippen LogP) is 2.08.